The van der Waals surface area contributed by atoms with Gasteiger partial charge >= 0.3 is 11.9 Å². The van der Waals surface area contributed by atoms with Gasteiger partial charge in [0.15, 0.2) is 44.0 Å². The quantitative estimate of drug-likeness (QED) is 0.0297. The summed E-state index contributed by atoms with van der Waals surface area (Å²) in [6.45, 7) is -11.1. The molecule has 54 heteroatoms. The van der Waals surface area contributed by atoms with Crippen molar-refractivity contribution in [3.8, 4) is 0 Å². The molecule has 670 valence electrons. The standard InChI is InChI=1S/C61H103NO53/c62-11-8-99-51(32(86)21(11)75)100-10-17(74)42-30(84)31(85)50(93)61(115-42,59(96)97)113-18-1-60(98,58(94)95)114-44(15(72)5-66)45(18)108-56-38(92)47(49(43(107-56)14(71)4-65)112-53-34(88)24(78)22(76)19(6-67)102-53)110-55-37(91)46(36(90)41(106-55)16(73)9-101-52-33(87)25(79)28(82)39(104-52)12(69)2-63)109-57-48(27(81)23(77)20(7-68)103-57)111-54-35(89)26(80)29(83)40(105-54)13(70)3-64/h11-57,63-93,98H,1-10,62H2,(H,94,95)(H,96,97)/t11-,12-,13-,14-,15+,16-,17+,18+,19+,20+,21-,22+,23+,24-,25-,26-,27-,28-,29-,30+,31-,32+,33-,34+,35-,36+,37-,38-,39+,40+,41+,42+,43+,44+,45+,46-,47+,48+,49+,50-,51+,52-,53-,54+,55+,56+,57+,60+,61+/m0/s1. The molecule has 9 saturated heterocycles. The number of nitrogens with two attached hydrogens (primary N) is 1. The summed E-state index contributed by atoms with van der Waals surface area (Å²) < 4.78 is 96.9. The van der Waals surface area contributed by atoms with Crippen LogP contribution in [-0.2, 0) is 90.1 Å². The van der Waals surface area contributed by atoms with Crippen LogP contribution in [0.1, 0.15) is 6.42 Å². The number of hydrogen-bond acceptors (Lipinski definition) is 52. The van der Waals surface area contributed by atoms with Gasteiger partial charge in [0.25, 0.3) is 11.6 Å². The normalized spacial score (nSPS) is 49.9. The van der Waals surface area contributed by atoms with Gasteiger partial charge in [-0.05, 0) is 0 Å². The van der Waals surface area contributed by atoms with Gasteiger partial charge in [0.05, 0.1) is 71.6 Å². The third-order valence-electron chi connectivity index (χ3n) is 21.1. The van der Waals surface area contributed by atoms with Crippen molar-refractivity contribution < 1.29 is 264 Å². The molecule has 9 fully saturated rings. The van der Waals surface area contributed by atoms with Crippen LogP contribution in [0.15, 0.2) is 0 Å². The van der Waals surface area contributed by atoms with E-state index in [1.807, 2.05) is 0 Å². The predicted octanol–water partition coefficient (Wildman–Crippen LogP) is -23.9. The maximum absolute atomic E-state index is 13.8. The molecule has 0 aromatic rings. The van der Waals surface area contributed by atoms with E-state index in [1.165, 1.54) is 0 Å². The number of ether oxygens (including phenoxy) is 17. The van der Waals surface area contributed by atoms with Crippen LogP contribution < -0.4 is 5.73 Å². The molecule has 0 saturated carbocycles. The number of aliphatic hydroxyl groups excluding tert-OH is 31. The monoisotopic (exact) mass is 1700 g/mol. The average Bonchev–Trinajstić information content (AvgIpc) is 0.734. The Balaban J connectivity index is 1.14. The lowest BCUT2D eigenvalue weighted by molar-refractivity contribution is -0.422. The first-order valence-electron chi connectivity index (χ1n) is 35.7. The summed E-state index contributed by atoms with van der Waals surface area (Å²) in [6, 6.07) is -1.18. The van der Waals surface area contributed by atoms with E-state index in [0.29, 0.717) is 0 Å². The number of hydrogen-bond donors (Lipinski definition) is 35. The maximum Gasteiger partial charge on any atom is 0.367 e. The highest BCUT2D eigenvalue weighted by Gasteiger charge is 2.67. The molecule has 54 nitrogen and oxygen atoms in total. The summed E-state index contributed by atoms with van der Waals surface area (Å²) in [4.78, 5) is 26.8. The smallest absolute Gasteiger partial charge is 0.367 e. The molecule has 0 aromatic heterocycles. The molecular formula is C61H103NO53. The van der Waals surface area contributed by atoms with Gasteiger partial charge in [-0.15, -0.1) is 0 Å². The summed E-state index contributed by atoms with van der Waals surface area (Å²) in [7, 11) is 0. The molecule has 0 aromatic carbocycles. The van der Waals surface area contributed by atoms with Crippen molar-refractivity contribution in [3.05, 3.63) is 0 Å². The zero-order valence-electron chi connectivity index (χ0n) is 59.7. The van der Waals surface area contributed by atoms with Crippen molar-refractivity contribution in [3.63, 3.8) is 0 Å². The molecule has 9 aliphatic heterocycles. The van der Waals surface area contributed by atoms with Crippen LogP contribution in [0, 0.1) is 0 Å². The van der Waals surface area contributed by atoms with E-state index in [-0.39, 0.29) is 0 Å². The van der Waals surface area contributed by atoms with E-state index in [0.717, 1.165) is 0 Å². The van der Waals surface area contributed by atoms with Gasteiger partial charge in [-0.3, -0.25) is 0 Å². The average molecular weight is 1700 g/mol. The molecule has 0 radical (unpaired) electrons. The minimum Gasteiger partial charge on any atom is -0.477 e. The number of carboxylic acid groups (broad SMARTS) is 2. The Hall–Kier alpha value is -3.06. The van der Waals surface area contributed by atoms with Crippen molar-refractivity contribution >= 4 is 11.9 Å². The molecular weight excluding hydrogens is 1590 g/mol. The number of carbonyl (C=O) groups is 2. The van der Waals surface area contributed by atoms with E-state index in [4.69, 9.17) is 86.3 Å². The van der Waals surface area contributed by atoms with Crippen LogP contribution in [-0.4, -0.2) is 545 Å². The SMILES string of the molecule is N[C@H]1CO[C@H](OC[C@@H](O)[C@H]2O[C@@](O[C@@H]3C[C@](O)(C(=O)O)O[C@H]([C@H](O)CO)[C@@H]3O[C@H]3O[C@H]([C@@H](O)CO)[C@@H](O[C@@H]4O[C@H](CO)[C@@H](O)[C@H](O)[C@H]4O)[C@H](O[C@H]4O[C@H]([C@@H](O)CO[C@H]5O[C@H]([C@@H](O)CO)[C@@H](O)[C@H](O)[C@@H]5O)[C@@H](O)[C@H](O[C@H]5O[C@H](CO)[C@@H](O)[C@H](O)[C@H]5O[C@H]5O[C@H]([C@@H](O)CO)[C@@H](O)[C@H](O)[C@@H]5O)[C@@H]4O)[C@@H]3O)(C(=O)O)[C@@H](O)[C@@H](O)[C@H]2O)[C@H](O)[C@H]1O. The number of carboxylic acids is 2. The first-order valence-corrected chi connectivity index (χ1v) is 35.7. The topological polar surface area (TPSA) is 905 Å². The first kappa shape index (κ1) is 95.8. The minimum atomic E-state index is -4.08. The molecule has 0 bridgehead atoms. The fourth-order valence-electron chi connectivity index (χ4n) is 14.3. The summed E-state index contributed by atoms with van der Waals surface area (Å²) >= 11 is 0. The Bertz CT molecular complexity index is 3020. The van der Waals surface area contributed by atoms with Gasteiger partial charge in [-0.1, -0.05) is 0 Å². The second kappa shape index (κ2) is 40.1. The highest BCUT2D eigenvalue weighted by atomic mass is 16.8. The van der Waals surface area contributed by atoms with Gasteiger partial charge in [-0.25, -0.2) is 9.59 Å². The second-order valence-electron chi connectivity index (χ2n) is 28.9. The highest BCUT2D eigenvalue weighted by Crippen LogP contribution is 2.45. The fourth-order valence-corrected chi connectivity index (χ4v) is 14.3. The van der Waals surface area contributed by atoms with E-state index in [9.17, 15) is 183 Å². The molecule has 0 spiro atoms. The third kappa shape index (κ3) is 19.8. The fraction of sp³-hybridized carbons (Fsp3) is 0.967. The molecule has 36 N–H and O–H groups in total. The lowest BCUT2D eigenvalue weighted by Gasteiger charge is -2.53. The van der Waals surface area contributed by atoms with Crippen LogP contribution in [0.2, 0.25) is 0 Å². The molecule has 9 heterocycles. The van der Waals surface area contributed by atoms with Crippen LogP contribution in [0.25, 0.3) is 0 Å². The highest BCUT2D eigenvalue weighted by molar-refractivity contribution is 5.77. The number of rotatable bonds is 32. The number of aliphatic carboxylic acids is 2. The maximum atomic E-state index is 13.8. The van der Waals surface area contributed by atoms with Crippen LogP contribution in [0.3, 0.4) is 0 Å². The molecule has 9 rings (SSSR count). The Labute approximate surface area is 645 Å². The summed E-state index contributed by atoms with van der Waals surface area (Å²) in [6.07, 6.45) is -116. The summed E-state index contributed by atoms with van der Waals surface area (Å²) in [5, 5.41) is 376. The largest absolute Gasteiger partial charge is 0.477 e. The van der Waals surface area contributed by atoms with E-state index in [2.05, 4.69) is 0 Å². The predicted molar refractivity (Wildman–Crippen MR) is 341 cm³/mol. The summed E-state index contributed by atoms with van der Waals surface area (Å²) in [5.41, 5.74) is 5.69. The molecule has 9 aliphatic rings. The van der Waals surface area contributed by atoms with Crippen LogP contribution >= 0.6 is 0 Å². The number of aliphatic hydroxyl groups is 32. The molecule has 0 aliphatic carbocycles. The van der Waals surface area contributed by atoms with Gasteiger partial charge < -0.3 is 260 Å². The Morgan fingerprint density at radius 2 is 0.748 bits per heavy atom. The van der Waals surface area contributed by atoms with Gasteiger partial charge in [0, 0.05) is 6.42 Å². The van der Waals surface area contributed by atoms with E-state index < -0.39 is 378 Å². The van der Waals surface area contributed by atoms with Crippen molar-refractivity contribution in [2.45, 2.75) is 306 Å². The molecule has 49 atom stereocenters. The van der Waals surface area contributed by atoms with Gasteiger partial charge in [0.2, 0.25) is 0 Å². The Kier molecular flexibility index (Phi) is 33.4. The Morgan fingerprint density at radius 1 is 0.357 bits per heavy atom. The zero-order valence-corrected chi connectivity index (χ0v) is 59.7. The zero-order chi connectivity index (χ0) is 85.4. The van der Waals surface area contributed by atoms with E-state index >= 15 is 0 Å². The van der Waals surface area contributed by atoms with Crippen molar-refractivity contribution in [2.24, 2.45) is 5.73 Å². The van der Waals surface area contributed by atoms with Crippen molar-refractivity contribution in [1.82, 2.24) is 0 Å². The minimum absolute atomic E-state index is 0.474. The summed E-state index contributed by atoms with van der Waals surface area (Å²) in [5.74, 6) is -13.0. The van der Waals surface area contributed by atoms with Crippen LogP contribution in [0.4, 0.5) is 0 Å². The lowest BCUT2D eigenvalue weighted by Crippen LogP contribution is -2.73. The first-order chi connectivity index (χ1) is 54.0. The van der Waals surface area contributed by atoms with Crippen molar-refractivity contribution in [1.29, 1.82) is 0 Å². The van der Waals surface area contributed by atoms with Crippen molar-refractivity contribution in [2.75, 3.05) is 59.5 Å². The van der Waals surface area contributed by atoms with Gasteiger partial charge in [-0.2, -0.15) is 0 Å². The van der Waals surface area contributed by atoms with Crippen LogP contribution in [0.5, 0.6) is 0 Å². The molecule has 115 heavy (non-hydrogen) atoms. The lowest BCUT2D eigenvalue weighted by atomic mass is 9.88. The molecule has 0 unspecified atom stereocenters. The van der Waals surface area contributed by atoms with E-state index in [1.54, 1.807) is 0 Å². The Morgan fingerprint density at radius 3 is 1.28 bits per heavy atom. The van der Waals surface area contributed by atoms with Gasteiger partial charge in [0.1, 0.15) is 232 Å². The molecule has 0 amide bonds. The third-order valence-corrected chi connectivity index (χ3v) is 21.1. The second-order valence-corrected chi connectivity index (χ2v) is 28.9.